The van der Waals surface area contributed by atoms with Crippen molar-refractivity contribution in [1.82, 2.24) is 0 Å². The number of hydrogen-bond donors (Lipinski definition) is 2. The molecule has 0 aliphatic heterocycles. The Balaban J connectivity index is 2.84. The van der Waals surface area contributed by atoms with Gasteiger partial charge in [-0.1, -0.05) is 6.07 Å². The number of anilines is 1. The minimum absolute atomic E-state index is 0.0529. The number of hydrazine groups is 1. The standard InChI is InChI=1S/C7H7N3O4/c8-9-6-3-1-2-5(4-6)7(11)14-10(12)13/h1-4,9H,8H2. The summed E-state index contributed by atoms with van der Waals surface area (Å²) in [6, 6.07) is 5.84. The first-order valence-corrected chi connectivity index (χ1v) is 3.57. The molecule has 0 unspecified atom stereocenters. The SMILES string of the molecule is NNc1cccc(C(=O)O[N+](=O)[O-])c1. The van der Waals surface area contributed by atoms with Crippen molar-refractivity contribution < 1.29 is 14.7 Å². The van der Waals surface area contributed by atoms with Crippen molar-refractivity contribution in [3.8, 4) is 0 Å². The second-order valence-corrected chi connectivity index (χ2v) is 2.33. The average molecular weight is 197 g/mol. The number of rotatable bonds is 3. The number of benzene rings is 1. The summed E-state index contributed by atoms with van der Waals surface area (Å²) in [5.74, 6) is 4.05. The first-order chi connectivity index (χ1) is 6.63. The fourth-order valence-corrected chi connectivity index (χ4v) is 0.856. The van der Waals surface area contributed by atoms with Gasteiger partial charge in [-0.05, 0) is 18.2 Å². The average Bonchev–Trinajstić information content (AvgIpc) is 2.17. The third-order valence-corrected chi connectivity index (χ3v) is 1.42. The molecule has 0 aliphatic carbocycles. The van der Waals surface area contributed by atoms with Gasteiger partial charge in [-0.3, -0.25) is 10.6 Å². The Bertz CT molecular complexity index is 366. The highest BCUT2D eigenvalue weighted by Crippen LogP contribution is 2.09. The monoisotopic (exact) mass is 197 g/mol. The summed E-state index contributed by atoms with van der Waals surface area (Å²) in [7, 11) is 0. The van der Waals surface area contributed by atoms with E-state index in [4.69, 9.17) is 5.84 Å². The molecule has 1 aromatic rings. The van der Waals surface area contributed by atoms with Crippen LogP contribution in [0.15, 0.2) is 24.3 Å². The Morgan fingerprint density at radius 1 is 1.57 bits per heavy atom. The van der Waals surface area contributed by atoms with Crippen LogP contribution in [0.3, 0.4) is 0 Å². The lowest BCUT2D eigenvalue weighted by Crippen LogP contribution is -2.12. The molecular weight excluding hydrogens is 190 g/mol. The second kappa shape index (κ2) is 4.19. The highest BCUT2D eigenvalue weighted by Gasteiger charge is 2.10. The first-order valence-electron chi connectivity index (χ1n) is 3.57. The maximum absolute atomic E-state index is 11.0. The van der Waals surface area contributed by atoms with Crippen LogP contribution >= 0.6 is 0 Å². The molecule has 0 saturated heterocycles. The summed E-state index contributed by atoms with van der Waals surface area (Å²) in [6.07, 6.45) is 0. The topological polar surface area (TPSA) is 107 Å². The van der Waals surface area contributed by atoms with E-state index in [1.54, 1.807) is 6.07 Å². The van der Waals surface area contributed by atoms with E-state index in [1.165, 1.54) is 18.2 Å². The van der Waals surface area contributed by atoms with E-state index in [-0.39, 0.29) is 5.56 Å². The Morgan fingerprint density at radius 3 is 2.86 bits per heavy atom. The first kappa shape index (κ1) is 9.93. The molecule has 7 nitrogen and oxygen atoms in total. The molecule has 14 heavy (non-hydrogen) atoms. The number of nitrogen functional groups attached to an aromatic ring is 1. The van der Waals surface area contributed by atoms with Crippen molar-refractivity contribution in [2.45, 2.75) is 0 Å². The van der Waals surface area contributed by atoms with Gasteiger partial charge in [0, 0.05) is 11.3 Å². The predicted octanol–water partition coefficient (Wildman–Crippen LogP) is 0.321. The lowest BCUT2D eigenvalue weighted by molar-refractivity contribution is -0.727. The Hall–Kier alpha value is -2.15. The van der Waals surface area contributed by atoms with Crippen LogP contribution in [0.4, 0.5) is 5.69 Å². The zero-order chi connectivity index (χ0) is 10.6. The van der Waals surface area contributed by atoms with Gasteiger partial charge < -0.3 is 5.43 Å². The molecule has 0 spiro atoms. The van der Waals surface area contributed by atoms with Crippen LogP contribution in [0.25, 0.3) is 0 Å². The van der Waals surface area contributed by atoms with Crippen LogP contribution in [-0.4, -0.2) is 11.1 Å². The van der Waals surface area contributed by atoms with Gasteiger partial charge in [-0.15, -0.1) is 10.1 Å². The summed E-state index contributed by atoms with van der Waals surface area (Å²) in [4.78, 5) is 24.6. The van der Waals surface area contributed by atoms with E-state index in [0.717, 1.165) is 0 Å². The third kappa shape index (κ3) is 2.42. The van der Waals surface area contributed by atoms with E-state index in [9.17, 15) is 14.9 Å². The lowest BCUT2D eigenvalue weighted by atomic mass is 10.2. The van der Waals surface area contributed by atoms with Crippen molar-refractivity contribution in [3.63, 3.8) is 0 Å². The summed E-state index contributed by atoms with van der Waals surface area (Å²) >= 11 is 0. The van der Waals surface area contributed by atoms with Crippen LogP contribution in [0.1, 0.15) is 10.4 Å². The Kier molecular flexibility index (Phi) is 2.97. The molecule has 1 aromatic carbocycles. The van der Waals surface area contributed by atoms with Gasteiger partial charge in [-0.25, -0.2) is 4.84 Å². The molecule has 0 saturated carbocycles. The molecule has 0 bridgehead atoms. The van der Waals surface area contributed by atoms with Crippen LogP contribution in [0.5, 0.6) is 0 Å². The van der Waals surface area contributed by atoms with Crippen molar-refractivity contribution in [1.29, 1.82) is 0 Å². The van der Waals surface area contributed by atoms with E-state index >= 15 is 0 Å². The highest BCUT2D eigenvalue weighted by molar-refractivity contribution is 5.89. The summed E-state index contributed by atoms with van der Waals surface area (Å²) < 4.78 is 0. The van der Waals surface area contributed by atoms with E-state index in [0.29, 0.717) is 5.69 Å². The van der Waals surface area contributed by atoms with Crippen molar-refractivity contribution in [2.24, 2.45) is 5.84 Å². The summed E-state index contributed by atoms with van der Waals surface area (Å²) in [5.41, 5.74) is 2.81. The zero-order valence-electron chi connectivity index (χ0n) is 6.97. The Morgan fingerprint density at radius 2 is 2.29 bits per heavy atom. The third-order valence-electron chi connectivity index (χ3n) is 1.42. The summed E-state index contributed by atoms with van der Waals surface area (Å²) in [5, 5.41) is 8.70. The van der Waals surface area contributed by atoms with Crippen molar-refractivity contribution in [2.75, 3.05) is 5.43 Å². The van der Waals surface area contributed by atoms with Crippen molar-refractivity contribution >= 4 is 11.7 Å². The number of hydrogen-bond acceptors (Lipinski definition) is 6. The molecule has 1 rings (SSSR count). The van der Waals surface area contributed by atoms with Gasteiger partial charge in [-0.2, -0.15) is 0 Å². The maximum Gasteiger partial charge on any atom is 0.334 e. The van der Waals surface area contributed by atoms with Gasteiger partial charge in [0.25, 0.3) is 0 Å². The summed E-state index contributed by atoms with van der Waals surface area (Å²) in [6.45, 7) is 0. The molecule has 0 aliphatic rings. The minimum Gasteiger partial charge on any atom is -0.324 e. The number of nitrogens with zero attached hydrogens (tertiary/aromatic N) is 1. The lowest BCUT2D eigenvalue weighted by Gasteiger charge is -2.01. The molecule has 74 valence electrons. The number of carbonyl (C=O) groups excluding carboxylic acids is 1. The molecular formula is C7H7N3O4. The number of carbonyl (C=O) groups is 1. The van der Waals surface area contributed by atoms with Gasteiger partial charge >= 0.3 is 11.1 Å². The fourth-order valence-electron chi connectivity index (χ4n) is 0.856. The van der Waals surface area contributed by atoms with Gasteiger partial charge in [0.2, 0.25) is 0 Å². The van der Waals surface area contributed by atoms with E-state index < -0.39 is 11.1 Å². The normalized spacial score (nSPS) is 9.21. The van der Waals surface area contributed by atoms with Gasteiger partial charge in [0.1, 0.15) is 0 Å². The zero-order valence-corrected chi connectivity index (χ0v) is 6.97. The fraction of sp³-hybridized carbons (Fsp3) is 0. The quantitative estimate of drug-likeness (QED) is 0.410. The number of nitrogens with one attached hydrogen (secondary N) is 1. The van der Waals surface area contributed by atoms with Crippen LogP contribution in [0, 0.1) is 10.1 Å². The van der Waals surface area contributed by atoms with Crippen LogP contribution in [0.2, 0.25) is 0 Å². The molecule has 0 atom stereocenters. The smallest absolute Gasteiger partial charge is 0.324 e. The van der Waals surface area contributed by atoms with Gasteiger partial charge in [0.05, 0.1) is 0 Å². The second-order valence-electron chi connectivity index (χ2n) is 2.33. The van der Waals surface area contributed by atoms with Gasteiger partial charge in [0.15, 0.2) is 0 Å². The van der Waals surface area contributed by atoms with Crippen LogP contribution in [-0.2, 0) is 4.84 Å². The predicted molar refractivity (Wildman–Crippen MR) is 46.7 cm³/mol. The largest absolute Gasteiger partial charge is 0.334 e. The maximum atomic E-state index is 11.0. The minimum atomic E-state index is -1.16. The van der Waals surface area contributed by atoms with E-state index in [2.05, 4.69) is 10.3 Å². The van der Waals surface area contributed by atoms with E-state index in [1.807, 2.05) is 0 Å². The molecule has 0 heterocycles. The van der Waals surface area contributed by atoms with Crippen LogP contribution < -0.4 is 11.3 Å². The van der Waals surface area contributed by atoms with Crippen molar-refractivity contribution in [3.05, 3.63) is 39.9 Å². The molecule has 0 radical (unpaired) electrons. The molecule has 0 aromatic heterocycles. The highest BCUT2D eigenvalue weighted by atomic mass is 17.0. The number of nitrogens with two attached hydrogens (primary N) is 1. The molecule has 0 amide bonds. The molecule has 0 fully saturated rings. The molecule has 7 heteroatoms. The molecule has 3 N–H and O–H groups in total. The Labute approximate surface area is 78.5 Å².